The normalized spacial score (nSPS) is 27.5. The zero-order chi connectivity index (χ0) is 10.8. The van der Waals surface area contributed by atoms with Crippen LogP contribution in [0, 0.1) is 17.3 Å². The average Bonchev–Trinajstić information content (AvgIpc) is 2.39. The Hall–Kier alpha value is -0.300. The lowest BCUT2D eigenvalue weighted by atomic mass is 9.75. The van der Waals surface area contributed by atoms with Gasteiger partial charge in [-0.3, -0.25) is 0 Å². The van der Waals surface area contributed by atoms with Crippen molar-refractivity contribution in [2.45, 2.75) is 47.0 Å². The molecule has 0 bridgehead atoms. The van der Waals surface area contributed by atoms with Crippen LogP contribution in [-0.2, 0) is 0 Å². The molecule has 14 heavy (non-hydrogen) atoms. The summed E-state index contributed by atoms with van der Waals surface area (Å²) in [5.74, 6) is 1.25. The Kier molecular flexibility index (Phi) is 3.77. The van der Waals surface area contributed by atoms with Gasteiger partial charge in [-0.25, -0.2) is 0 Å². The fourth-order valence-electron chi connectivity index (χ4n) is 2.25. The minimum atomic E-state index is 0.333. The molecule has 0 saturated carbocycles. The van der Waals surface area contributed by atoms with Crippen LogP contribution in [0.5, 0.6) is 0 Å². The molecule has 0 amide bonds. The van der Waals surface area contributed by atoms with Crippen LogP contribution >= 0.6 is 0 Å². The lowest BCUT2D eigenvalue weighted by Crippen LogP contribution is -2.21. The van der Waals surface area contributed by atoms with Crippen LogP contribution in [0.4, 0.5) is 0 Å². The molecule has 0 aliphatic heterocycles. The van der Waals surface area contributed by atoms with Crippen molar-refractivity contribution in [3.05, 3.63) is 11.6 Å². The van der Waals surface area contributed by atoms with Gasteiger partial charge in [-0.05, 0) is 43.4 Å². The smallest absolute Gasteiger partial charge is 0.0456 e. The van der Waals surface area contributed by atoms with Gasteiger partial charge in [-0.15, -0.1) is 0 Å². The first-order valence-electron chi connectivity index (χ1n) is 5.76. The van der Waals surface area contributed by atoms with Gasteiger partial charge in [0.15, 0.2) is 0 Å². The van der Waals surface area contributed by atoms with Crippen molar-refractivity contribution in [1.29, 1.82) is 0 Å². The summed E-state index contributed by atoms with van der Waals surface area (Å²) in [5.41, 5.74) is 1.92. The Morgan fingerprint density at radius 1 is 1.57 bits per heavy atom. The third kappa shape index (κ3) is 2.38. The fourth-order valence-corrected chi connectivity index (χ4v) is 2.25. The molecule has 0 saturated heterocycles. The molecule has 0 aromatic heterocycles. The Morgan fingerprint density at radius 2 is 2.21 bits per heavy atom. The molecule has 1 aliphatic rings. The summed E-state index contributed by atoms with van der Waals surface area (Å²) in [5, 5.41) is 8.98. The van der Waals surface area contributed by atoms with E-state index in [0.29, 0.717) is 17.9 Å². The monoisotopic (exact) mass is 196 g/mol. The van der Waals surface area contributed by atoms with Crippen molar-refractivity contribution < 1.29 is 5.11 Å². The van der Waals surface area contributed by atoms with Crippen molar-refractivity contribution in [3.63, 3.8) is 0 Å². The summed E-state index contributed by atoms with van der Waals surface area (Å²) in [7, 11) is 0. The Labute approximate surface area is 88.2 Å². The fraction of sp³-hybridized carbons (Fsp3) is 0.846. The van der Waals surface area contributed by atoms with Gasteiger partial charge in [0.05, 0.1) is 0 Å². The molecular weight excluding hydrogens is 172 g/mol. The molecule has 0 fully saturated rings. The largest absolute Gasteiger partial charge is 0.396 e. The van der Waals surface area contributed by atoms with Crippen LogP contribution in [0.25, 0.3) is 0 Å². The third-order valence-corrected chi connectivity index (χ3v) is 4.07. The van der Waals surface area contributed by atoms with Crippen molar-refractivity contribution in [1.82, 2.24) is 0 Å². The number of aliphatic hydroxyl groups excluding tert-OH is 1. The van der Waals surface area contributed by atoms with E-state index >= 15 is 0 Å². The molecule has 2 atom stereocenters. The van der Waals surface area contributed by atoms with Crippen molar-refractivity contribution in [3.8, 4) is 0 Å². The highest BCUT2D eigenvalue weighted by molar-refractivity contribution is 5.18. The molecule has 1 unspecified atom stereocenters. The van der Waals surface area contributed by atoms with Gasteiger partial charge in [0.2, 0.25) is 0 Å². The molecule has 0 heterocycles. The predicted molar refractivity (Wildman–Crippen MR) is 61.1 cm³/mol. The Morgan fingerprint density at radius 3 is 2.64 bits per heavy atom. The highest BCUT2D eigenvalue weighted by Crippen LogP contribution is 2.45. The van der Waals surface area contributed by atoms with Crippen LogP contribution in [0.2, 0.25) is 0 Å². The molecule has 0 radical (unpaired) electrons. The van der Waals surface area contributed by atoms with Crippen molar-refractivity contribution in [2.24, 2.45) is 17.3 Å². The van der Waals surface area contributed by atoms with Gasteiger partial charge in [0, 0.05) is 6.61 Å². The molecule has 0 aromatic carbocycles. The molecule has 1 heteroatoms. The zero-order valence-corrected chi connectivity index (χ0v) is 10.0. The van der Waals surface area contributed by atoms with Crippen molar-refractivity contribution >= 4 is 0 Å². The maximum Gasteiger partial charge on any atom is 0.0456 e. The number of hydrogen-bond donors (Lipinski definition) is 1. The topological polar surface area (TPSA) is 20.2 Å². The molecule has 1 N–H and O–H groups in total. The lowest BCUT2D eigenvalue weighted by molar-refractivity contribution is 0.202. The van der Waals surface area contributed by atoms with E-state index in [9.17, 15) is 0 Å². The zero-order valence-electron chi connectivity index (χ0n) is 10.0. The molecule has 82 valence electrons. The van der Waals surface area contributed by atoms with Gasteiger partial charge >= 0.3 is 0 Å². The number of allylic oxidation sites excluding steroid dienone is 2. The first-order chi connectivity index (χ1) is 6.48. The first-order valence-corrected chi connectivity index (χ1v) is 5.76. The van der Waals surface area contributed by atoms with Crippen LogP contribution in [0.1, 0.15) is 47.0 Å². The molecule has 1 aliphatic carbocycles. The Bertz CT molecular complexity index is 215. The van der Waals surface area contributed by atoms with Gasteiger partial charge in [-0.1, -0.05) is 32.4 Å². The molecule has 1 rings (SSSR count). The summed E-state index contributed by atoms with van der Waals surface area (Å²) in [6, 6.07) is 0. The molecule has 0 spiro atoms. The summed E-state index contributed by atoms with van der Waals surface area (Å²) < 4.78 is 0. The van der Waals surface area contributed by atoms with E-state index in [-0.39, 0.29) is 0 Å². The van der Waals surface area contributed by atoms with Crippen LogP contribution < -0.4 is 0 Å². The number of hydrogen-bond acceptors (Lipinski definition) is 1. The minimum absolute atomic E-state index is 0.333. The van der Waals surface area contributed by atoms with Crippen LogP contribution in [0.3, 0.4) is 0 Å². The minimum Gasteiger partial charge on any atom is -0.396 e. The maximum absolute atomic E-state index is 8.98. The SMILES string of the molecule is CC1=CC[C@@H](CCC(C)CO)C1(C)C. The first kappa shape index (κ1) is 11.8. The average molecular weight is 196 g/mol. The molecule has 1 nitrogen and oxygen atoms in total. The van der Waals surface area contributed by atoms with E-state index in [0.717, 1.165) is 12.3 Å². The summed E-state index contributed by atoms with van der Waals surface area (Å²) >= 11 is 0. The maximum atomic E-state index is 8.98. The lowest BCUT2D eigenvalue weighted by Gasteiger charge is -2.30. The van der Waals surface area contributed by atoms with E-state index in [1.165, 1.54) is 12.8 Å². The van der Waals surface area contributed by atoms with E-state index in [2.05, 4.69) is 33.8 Å². The molecule has 0 aromatic rings. The highest BCUT2D eigenvalue weighted by Gasteiger charge is 2.34. The predicted octanol–water partition coefficient (Wildman–Crippen LogP) is 3.39. The van der Waals surface area contributed by atoms with E-state index in [4.69, 9.17) is 5.11 Å². The van der Waals surface area contributed by atoms with Gasteiger partial charge in [0.1, 0.15) is 0 Å². The second-order valence-electron chi connectivity index (χ2n) is 5.41. The van der Waals surface area contributed by atoms with Crippen molar-refractivity contribution in [2.75, 3.05) is 6.61 Å². The quantitative estimate of drug-likeness (QED) is 0.683. The van der Waals surface area contributed by atoms with E-state index < -0.39 is 0 Å². The highest BCUT2D eigenvalue weighted by atomic mass is 16.3. The van der Waals surface area contributed by atoms with E-state index in [1.807, 2.05) is 0 Å². The van der Waals surface area contributed by atoms with Crippen LogP contribution in [0.15, 0.2) is 11.6 Å². The summed E-state index contributed by atoms with van der Waals surface area (Å²) in [6.07, 6.45) is 6.03. The van der Waals surface area contributed by atoms with Gasteiger partial charge < -0.3 is 5.11 Å². The molecular formula is C13H24O. The Balaban J connectivity index is 2.41. The second kappa shape index (κ2) is 4.48. The van der Waals surface area contributed by atoms with Gasteiger partial charge in [-0.2, -0.15) is 0 Å². The second-order valence-corrected chi connectivity index (χ2v) is 5.41. The summed E-state index contributed by atoms with van der Waals surface area (Å²) in [4.78, 5) is 0. The standard InChI is InChI=1S/C13H24O/c1-10(9-14)5-7-12-8-6-11(2)13(12,3)4/h6,10,12,14H,5,7-9H2,1-4H3/t10?,12-/m1/s1. The third-order valence-electron chi connectivity index (χ3n) is 4.07. The summed E-state index contributed by atoms with van der Waals surface area (Å²) in [6.45, 7) is 9.40. The van der Waals surface area contributed by atoms with E-state index in [1.54, 1.807) is 5.57 Å². The van der Waals surface area contributed by atoms with Crippen LogP contribution in [-0.4, -0.2) is 11.7 Å². The number of aliphatic hydroxyl groups is 1. The number of rotatable bonds is 4. The van der Waals surface area contributed by atoms with Gasteiger partial charge in [0.25, 0.3) is 0 Å².